The summed E-state index contributed by atoms with van der Waals surface area (Å²) in [6.07, 6.45) is -4.52. The molecule has 4 nitrogen and oxygen atoms in total. The van der Waals surface area contributed by atoms with Crippen molar-refractivity contribution in [2.45, 2.75) is 19.0 Å². The zero-order valence-corrected chi connectivity index (χ0v) is 15.2. The number of carbonyl (C=O) groups is 1. The van der Waals surface area contributed by atoms with Crippen molar-refractivity contribution in [1.29, 1.82) is 0 Å². The molecule has 0 amide bonds. The minimum Gasteiger partial charge on any atom is -0.481 e. The van der Waals surface area contributed by atoms with Crippen LogP contribution in [-0.2, 0) is 17.4 Å². The average molecular weight is 441 g/mol. The Kier molecular flexibility index (Phi) is 5.10. The van der Waals surface area contributed by atoms with Gasteiger partial charge in [-0.3, -0.25) is 4.79 Å². The first-order valence-corrected chi connectivity index (χ1v) is 8.60. The number of aryl methyl sites for hydroxylation is 1. The molecule has 140 valence electrons. The summed E-state index contributed by atoms with van der Waals surface area (Å²) < 4.78 is 45.2. The van der Waals surface area contributed by atoms with Crippen LogP contribution in [-0.4, -0.2) is 11.1 Å². The van der Waals surface area contributed by atoms with E-state index in [1.807, 2.05) is 0 Å². The summed E-state index contributed by atoms with van der Waals surface area (Å²) >= 11 is 3.33. The Labute approximate surface area is 159 Å². The maximum Gasteiger partial charge on any atom is 0.417 e. The molecule has 2 aromatic carbocycles. The van der Waals surface area contributed by atoms with E-state index in [0.29, 0.717) is 22.8 Å². The Morgan fingerprint density at radius 1 is 1.11 bits per heavy atom. The van der Waals surface area contributed by atoms with Crippen molar-refractivity contribution < 1.29 is 27.5 Å². The quantitative estimate of drug-likeness (QED) is 0.562. The van der Waals surface area contributed by atoms with Crippen LogP contribution in [0.1, 0.15) is 17.5 Å². The van der Waals surface area contributed by atoms with Gasteiger partial charge in [0.25, 0.3) is 0 Å². The second kappa shape index (κ2) is 7.19. The molecule has 0 fully saturated rings. The third kappa shape index (κ3) is 4.21. The van der Waals surface area contributed by atoms with Gasteiger partial charge in [0.1, 0.15) is 5.58 Å². The van der Waals surface area contributed by atoms with Crippen LogP contribution in [0.4, 0.5) is 13.2 Å². The molecule has 0 aliphatic carbocycles. The fraction of sp³-hybridized carbons (Fsp3) is 0.158. The monoisotopic (exact) mass is 440 g/mol. The van der Waals surface area contributed by atoms with Crippen molar-refractivity contribution in [2.75, 3.05) is 0 Å². The summed E-state index contributed by atoms with van der Waals surface area (Å²) in [5.41, 5.74) is -0.446. The lowest BCUT2D eigenvalue weighted by molar-refractivity contribution is -0.137. The molecule has 8 heteroatoms. The SMILES string of the molecule is O=C(O)CCc1ccc(Br)cc1-c1ccc2c(C(F)(F)F)cc(=O)oc2c1. The third-order valence-electron chi connectivity index (χ3n) is 4.04. The van der Waals surface area contributed by atoms with E-state index >= 15 is 0 Å². The minimum absolute atomic E-state index is 0.0878. The van der Waals surface area contributed by atoms with Crippen molar-refractivity contribution >= 4 is 32.9 Å². The van der Waals surface area contributed by atoms with Crippen LogP contribution in [0.25, 0.3) is 22.1 Å². The predicted octanol–water partition coefficient (Wildman–Crippen LogP) is 5.26. The fourth-order valence-corrected chi connectivity index (χ4v) is 3.20. The largest absolute Gasteiger partial charge is 0.481 e. The van der Waals surface area contributed by atoms with Gasteiger partial charge in [-0.25, -0.2) is 4.79 Å². The number of rotatable bonds is 4. The lowest BCUT2D eigenvalue weighted by atomic mass is 9.95. The summed E-state index contributed by atoms with van der Waals surface area (Å²) in [6, 6.07) is 9.77. The molecule has 1 heterocycles. The Bertz CT molecular complexity index is 1090. The van der Waals surface area contributed by atoms with Crippen molar-refractivity contribution in [2.24, 2.45) is 0 Å². The van der Waals surface area contributed by atoms with Gasteiger partial charge in [0, 0.05) is 22.3 Å². The smallest absolute Gasteiger partial charge is 0.417 e. The molecule has 0 spiro atoms. The van der Waals surface area contributed by atoms with Crippen molar-refractivity contribution in [3.63, 3.8) is 0 Å². The molecule has 3 aromatic rings. The molecule has 0 saturated heterocycles. The predicted molar refractivity (Wildman–Crippen MR) is 96.6 cm³/mol. The highest BCUT2D eigenvalue weighted by molar-refractivity contribution is 9.10. The van der Waals surface area contributed by atoms with Gasteiger partial charge in [-0.2, -0.15) is 13.2 Å². The fourth-order valence-electron chi connectivity index (χ4n) is 2.84. The lowest BCUT2D eigenvalue weighted by Crippen LogP contribution is -2.11. The number of hydrogen-bond donors (Lipinski definition) is 1. The third-order valence-corrected chi connectivity index (χ3v) is 4.53. The van der Waals surface area contributed by atoms with Gasteiger partial charge in [-0.1, -0.05) is 28.1 Å². The van der Waals surface area contributed by atoms with Gasteiger partial charge < -0.3 is 9.52 Å². The zero-order valence-electron chi connectivity index (χ0n) is 13.6. The van der Waals surface area contributed by atoms with Gasteiger partial charge in [0.05, 0.1) is 5.56 Å². The number of fused-ring (bicyclic) bond motifs is 1. The number of hydrogen-bond acceptors (Lipinski definition) is 3. The number of carboxylic acid groups (broad SMARTS) is 1. The van der Waals surface area contributed by atoms with E-state index in [-0.39, 0.29) is 23.8 Å². The maximum absolute atomic E-state index is 13.2. The molecule has 1 N–H and O–H groups in total. The topological polar surface area (TPSA) is 67.5 Å². The van der Waals surface area contributed by atoms with Crippen molar-refractivity contribution in [3.05, 3.63) is 68.5 Å². The van der Waals surface area contributed by atoms with E-state index in [4.69, 9.17) is 9.52 Å². The molecule has 0 bridgehead atoms. The number of halogens is 4. The normalized spacial score (nSPS) is 11.7. The first kappa shape index (κ1) is 19.2. The molecule has 0 saturated carbocycles. The first-order valence-electron chi connectivity index (χ1n) is 7.81. The summed E-state index contributed by atoms with van der Waals surface area (Å²) in [4.78, 5) is 22.4. The van der Waals surface area contributed by atoms with Crippen LogP contribution in [0.5, 0.6) is 0 Å². The second-order valence-electron chi connectivity index (χ2n) is 5.88. The van der Waals surface area contributed by atoms with E-state index in [0.717, 1.165) is 4.47 Å². The van der Waals surface area contributed by atoms with Crippen LogP contribution in [0.3, 0.4) is 0 Å². The van der Waals surface area contributed by atoms with E-state index in [1.165, 1.54) is 18.2 Å². The van der Waals surface area contributed by atoms with Crippen molar-refractivity contribution in [3.8, 4) is 11.1 Å². The molecular formula is C19H12BrF3O4. The number of benzene rings is 2. The van der Waals surface area contributed by atoms with Gasteiger partial charge in [-0.15, -0.1) is 0 Å². The zero-order chi connectivity index (χ0) is 19.8. The van der Waals surface area contributed by atoms with Gasteiger partial charge in [0.15, 0.2) is 0 Å². The first-order chi connectivity index (χ1) is 12.6. The molecular weight excluding hydrogens is 429 g/mol. The summed E-state index contributed by atoms with van der Waals surface area (Å²) in [5, 5.41) is 8.69. The molecule has 1 aromatic heterocycles. The number of aliphatic carboxylic acids is 1. The van der Waals surface area contributed by atoms with Crippen LogP contribution in [0.2, 0.25) is 0 Å². The number of carboxylic acids is 1. The molecule has 0 aliphatic heterocycles. The van der Waals surface area contributed by atoms with E-state index < -0.39 is 23.3 Å². The van der Waals surface area contributed by atoms with Crippen LogP contribution in [0.15, 0.2) is 56.1 Å². The van der Waals surface area contributed by atoms with Gasteiger partial charge in [-0.05, 0) is 47.4 Å². The molecule has 0 atom stereocenters. The van der Waals surface area contributed by atoms with Gasteiger partial charge >= 0.3 is 17.8 Å². The molecule has 3 rings (SSSR count). The highest BCUT2D eigenvalue weighted by Gasteiger charge is 2.33. The molecule has 0 radical (unpaired) electrons. The van der Waals surface area contributed by atoms with Crippen molar-refractivity contribution in [1.82, 2.24) is 0 Å². The lowest BCUT2D eigenvalue weighted by Gasteiger charge is -2.12. The molecule has 0 unspecified atom stereocenters. The maximum atomic E-state index is 13.2. The van der Waals surface area contributed by atoms with Crippen LogP contribution in [0, 0.1) is 0 Å². The molecule has 0 aliphatic rings. The molecule has 27 heavy (non-hydrogen) atoms. The standard InChI is InChI=1S/C19H12BrF3O4/c20-12-4-1-10(3-6-17(24)25)14(8-12)11-2-5-13-15(19(21,22)23)9-18(26)27-16(13)7-11/h1-2,4-5,7-9H,3,6H2,(H,24,25). The van der Waals surface area contributed by atoms with Crippen LogP contribution < -0.4 is 5.63 Å². The van der Waals surface area contributed by atoms with E-state index in [9.17, 15) is 22.8 Å². The Balaban J connectivity index is 2.18. The Morgan fingerprint density at radius 3 is 2.52 bits per heavy atom. The average Bonchev–Trinajstić information content (AvgIpc) is 2.58. The second-order valence-corrected chi connectivity index (χ2v) is 6.80. The highest BCUT2D eigenvalue weighted by atomic mass is 79.9. The van der Waals surface area contributed by atoms with E-state index in [1.54, 1.807) is 18.2 Å². The minimum atomic E-state index is -4.68. The summed E-state index contributed by atoms with van der Waals surface area (Å²) in [7, 11) is 0. The highest BCUT2D eigenvalue weighted by Crippen LogP contribution is 2.36. The Hall–Kier alpha value is -2.61. The van der Waals surface area contributed by atoms with E-state index in [2.05, 4.69) is 15.9 Å². The van der Waals surface area contributed by atoms with Crippen LogP contribution >= 0.6 is 15.9 Å². The number of alkyl halides is 3. The summed E-state index contributed by atoms with van der Waals surface area (Å²) in [5.74, 6) is -0.955. The van der Waals surface area contributed by atoms with Gasteiger partial charge in [0.2, 0.25) is 0 Å². The summed E-state index contributed by atoms with van der Waals surface area (Å²) in [6.45, 7) is 0. The Morgan fingerprint density at radius 2 is 1.85 bits per heavy atom.